The predicted octanol–water partition coefficient (Wildman–Crippen LogP) is 3.49. The number of rotatable bonds is 5. The molecule has 6 nitrogen and oxygen atoms in total. The Labute approximate surface area is 163 Å². The van der Waals surface area contributed by atoms with Gasteiger partial charge in [0.05, 0.1) is 11.3 Å². The summed E-state index contributed by atoms with van der Waals surface area (Å²) in [6.45, 7) is 5.65. The fourth-order valence-electron chi connectivity index (χ4n) is 3.61. The highest BCUT2D eigenvalue weighted by atomic mass is 19.1. The molecular weight excluding hydrogens is 357 g/mol. The molecule has 0 saturated carbocycles. The van der Waals surface area contributed by atoms with Crippen LogP contribution in [0.25, 0.3) is 10.9 Å². The summed E-state index contributed by atoms with van der Waals surface area (Å²) in [5.74, 6) is 0.521. The van der Waals surface area contributed by atoms with Crippen molar-refractivity contribution in [3.05, 3.63) is 54.1 Å². The molecule has 1 amide bonds. The van der Waals surface area contributed by atoms with Crippen LogP contribution >= 0.6 is 0 Å². The molecular formula is C21H24FN5O. The van der Waals surface area contributed by atoms with Crippen molar-refractivity contribution in [1.82, 2.24) is 14.9 Å². The Morgan fingerprint density at radius 2 is 2.07 bits per heavy atom. The van der Waals surface area contributed by atoms with Crippen molar-refractivity contribution < 1.29 is 9.18 Å². The SMILES string of the molecule is CCCNc1cccnc1N1CCN(C(=O)c2c[nH]c3ccc(F)cc23)CC1. The van der Waals surface area contributed by atoms with Crippen molar-refractivity contribution in [2.45, 2.75) is 13.3 Å². The van der Waals surface area contributed by atoms with Gasteiger partial charge in [0.2, 0.25) is 0 Å². The molecule has 0 bridgehead atoms. The van der Waals surface area contributed by atoms with Gasteiger partial charge >= 0.3 is 0 Å². The summed E-state index contributed by atoms with van der Waals surface area (Å²) in [6, 6.07) is 8.43. The number of anilines is 2. The second-order valence-electron chi connectivity index (χ2n) is 6.97. The number of aromatic amines is 1. The third-order valence-corrected chi connectivity index (χ3v) is 5.09. The summed E-state index contributed by atoms with van der Waals surface area (Å²) in [5.41, 5.74) is 2.31. The molecule has 1 aromatic carbocycles. The van der Waals surface area contributed by atoms with Crippen LogP contribution in [-0.2, 0) is 0 Å². The Kier molecular flexibility index (Phi) is 5.14. The molecule has 1 saturated heterocycles. The Morgan fingerprint density at radius 1 is 1.25 bits per heavy atom. The summed E-state index contributed by atoms with van der Waals surface area (Å²) in [6.07, 6.45) is 4.51. The molecule has 4 rings (SSSR count). The molecule has 1 aliphatic heterocycles. The minimum Gasteiger partial charge on any atom is -0.382 e. The average molecular weight is 381 g/mol. The van der Waals surface area contributed by atoms with E-state index in [1.807, 2.05) is 17.0 Å². The highest BCUT2D eigenvalue weighted by Gasteiger charge is 2.25. The fourth-order valence-corrected chi connectivity index (χ4v) is 3.61. The van der Waals surface area contributed by atoms with E-state index in [4.69, 9.17) is 0 Å². The largest absolute Gasteiger partial charge is 0.382 e. The van der Waals surface area contributed by atoms with Crippen molar-refractivity contribution >= 4 is 28.3 Å². The van der Waals surface area contributed by atoms with E-state index in [0.717, 1.165) is 30.0 Å². The molecule has 28 heavy (non-hydrogen) atoms. The smallest absolute Gasteiger partial charge is 0.256 e. The van der Waals surface area contributed by atoms with Gasteiger partial charge in [-0.1, -0.05) is 6.92 Å². The number of carbonyl (C=O) groups excluding carboxylic acids is 1. The van der Waals surface area contributed by atoms with E-state index in [1.54, 1.807) is 18.5 Å². The van der Waals surface area contributed by atoms with Gasteiger partial charge < -0.3 is 20.1 Å². The highest BCUT2D eigenvalue weighted by Crippen LogP contribution is 2.25. The number of hydrogen-bond acceptors (Lipinski definition) is 4. The van der Waals surface area contributed by atoms with E-state index in [2.05, 4.69) is 27.1 Å². The van der Waals surface area contributed by atoms with Crippen molar-refractivity contribution in [3.63, 3.8) is 0 Å². The molecule has 1 fully saturated rings. The number of halogens is 1. The third-order valence-electron chi connectivity index (χ3n) is 5.09. The molecule has 2 aromatic heterocycles. The van der Waals surface area contributed by atoms with E-state index in [0.29, 0.717) is 37.1 Å². The van der Waals surface area contributed by atoms with Crippen LogP contribution in [0.5, 0.6) is 0 Å². The number of fused-ring (bicyclic) bond motifs is 1. The lowest BCUT2D eigenvalue weighted by Gasteiger charge is -2.36. The Balaban J connectivity index is 1.47. The number of amides is 1. The lowest BCUT2D eigenvalue weighted by Crippen LogP contribution is -2.49. The normalized spacial score (nSPS) is 14.5. The summed E-state index contributed by atoms with van der Waals surface area (Å²) in [5, 5.41) is 4.05. The number of nitrogens with one attached hydrogen (secondary N) is 2. The van der Waals surface area contributed by atoms with E-state index in [9.17, 15) is 9.18 Å². The molecule has 0 aliphatic carbocycles. The maximum absolute atomic E-state index is 13.6. The van der Waals surface area contributed by atoms with Gasteiger partial charge in [0.25, 0.3) is 5.91 Å². The summed E-state index contributed by atoms with van der Waals surface area (Å²) in [4.78, 5) is 24.6. The van der Waals surface area contributed by atoms with Crippen LogP contribution in [0, 0.1) is 5.82 Å². The molecule has 0 spiro atoms. The maximum atomic E-state index is 13.6. The van der Waals surface area contributed by atoms with Crippen LogP contribution in [0.1, 0.15) is 23.7 Å². The molecule has 146 valence electrons. The van der Waals surface area contributed by atoms with Gasteiger partial charge in [0.1, 0.15) is 5.82 Å². The van der Waals surface area contributed by atoms with E-state index >= 15 is 0 Å². The molecule has 3 aromatic rings. The maximum Gasteiger partial charge on any atom is 0.256 e. The number of piperazine rings is 1. The molecule has 2 N–H and O–H groups in total. The number of benzene rings is 1. The highest BCUT2D eigenvalue weighted by molar-refractivity contribution is 6.06. The first-order chi connectivity index (χ1) is 13.7. The first-order valence-corrected chi connectivity index (χ1v) is 9.67. The van der Waals surface area contributed by atoms with Crippen molar-refractivity contribution in [3.8, 4) is 0 Å². The molecule has 0 radical (unpaired) electrons. The quantitative estimate of drug-likeness (QED) is 0.710. The van der Waals surface area contributed by atoms with Gasteiger partial charge in [0.15, 0.2) is 5.82 Å². The second-order valence-corrected chi connectivity index (χ2v) is 6.97. The zero-order valence-electron chi connectivity index (χ0n) is 15.9. The van der Waals surface area contributed by atoms with Gasteiger partial charge in [-0.15, -0.1) is 0 Å². The number of H-pyrrole nitrogens is 1. The molecule has 0 unspecified atom stereocenters. The molecule has 1 aliphatic rings. The summed E-state index contributed by atoms with van der Waals surface area (Å²) < 4.78 is 13.6. The van der Waals surface area contributed by atoms with E-state index < -0.39 is 0 Å². The van der Waals surface area contributed by atoms with Gasteiger partial charge in [0, 0.05) is 56.0 Å². The number of nitrogens with zero attached hydrogens (tertiary/aromatic N) is 3. The second kappa shape index (κ2) is 7.88. The summed E-state index contributed by atoms with van der Waals surface area (Å²) >= 11 is 0. The average Bonchev–Trinajstić information content (AvgIpc) is 3.15. The Bertz CT molecular complexity index is 978. The monoisotopic (exact) mass is 381 g/mol. The number of pyridine rings is 1. The Hall–Kier alpha value is -3.09. The predicted molar refractivity (Wildman–Crippen MR) is 109 cm³/mol. The van der Waals surface area contributed by atoms with Crippen molar-refractivity contribution in [1.29, 1.82) is 0 Å². The fraction of sp³-hybridized carbons (Fsp3) is 0.333. The molecule has 0 atom stereocenters. The number of carbonyl (C=O) groups is 1. The van der Waals surface area contributed by atoms with Crippen LogP contribution in [-0.4, -0.2) is 53.5 Å². The zero-order chi connectivity index (χ0) is 19.5. The van der Waals surface area contributed by atoms with Gasteiger partial charge in [-0.05, 0) is 36.8 Å². The first kappa shape index (κ1) is 18.3. The van der Waals surface area contributed by atoms with E-state index in [1.165, 1.54) is 12.1 Å². The topological polar surface area (TPSA) is 64.3 Å². The van der Waals surface area contributed by atoms with Crippen LogP contribution in [0.3, 0.4) is 0 Å². The summed E-state index contributed by atoms with van der Waals surface area (Å²) in [7, 11) is 0. The minimum atomic E-state index is -0.340. The van der Waals surface area contributed by atoms with Gasteiger partial charge in [-0.2, -0.15) is 0 Å². The van der Waals surface area contributed by atoms with Crippen LogP contribution in [0.2, 0.25) is 0 Å². The lowest BCUT2D eigenvalue weighted by molar-refractivity contribution is 0.0748. The van der Waals surface area contributed by atoms with Crippen molar-refractivity contribution in [2.24, 2.45) is 0 Å². The standard InChI is InChI=1S/C21H24FN5O/c1-2-7-23-19-4-3-8-24-20(19)26-9-11-27(12-10-26)21(28)17-14-25-18-6-5-15(22)13-16(17)18/h3-6,8,13-14,23,25H,2,7,9-12H2,1H3. The molecule has 7 heteroatoms. The van der Waals surface area contributed by atoms with Gasteiger partial charge in [-0.25, -0.2) is 9.37 Å². The zero-order valence-corrected chi connectivity index (χ0v) is 15.9. The number of aromatic nitrogens is 2. The van der Waals surface area contributed by atoms with Crippen LogP contribution in [0.15, 0.2) is 42.7 Å². The minimum absolute atomic E-state index is 0.0677. The number of hydrogen-bond donors (Lipinski definition) is 2. The van der Waals surface area contributed by atoms with E-state index in [-0.39, 0.29) is 11.7 Å². The first-order valence-electron chi connectivity index (χ1n) is 9.67. The molecule has 3 heterocycles. The third kappa shape index (κ3) is 3.52. The van der Waals surface area contributed by atoms with Crippen molar-refractivity contribution in [2.75, 3.05) is 42.9 Å². The van der Waals surface area contributed by atoms with Gasteiger partial charge in [-0.3, -0.25) is 4.79 Å². The Morgan fingerprint density at radius 3 is 2.86 bits per heavy atom. The van der Waals surface area contributed by atoms with Crippen LogP contribution in [0.4, 0.5) is 15.9 Å². The lowest BCUT2D eigenvalue weighted by atomic mass is 10.1. The van der Waals surface area contributed by atoms with Crippen LogP contribution < -0.4 is 10.2 Å².